The number of rotatable bonds is 7. The lowest BCUT2D eigenvalue weighted by molar-refractivity contribution is -0.118. The summed E-state index contributed by atoms with van der Waals surface area (Å²) in [5.74, 6) is 1.34. The van der Waals surface area contributed by atoms with Crippen molar-refractivity contribution >= 4 is 17.7 Å². The van der Waals surface area contributed by atoms with Crippen LogP contribution in [0.1, 0.15) is 30.9 Å². The first kappa shape index (κ1) is 19.0. The van der Waals surface area contributed by atoms with Crippen LogP contribution < -0.4 is 5.32 Å². The first-order chi connectivity index (χ1) is 12.7. The van der Waals surface area contributed by atoms with E-state index in [1.807, 2.05) is 30.3 Å². The molecule has 3 rings (SSSR count). The van der Waals surface area contributed by atoms with Crippen LogP contribution in [0.15, 0.2) is 59.5 Å². The van der Waals surface area contributed by atoms with Gasteiger partial charge in [0, 0.05) is 24.5 Å². The highest BCUT2D eigenvalue weighted by Gasteiger charge is 2.16. The van der Waals surface area contributed by atoms with E-state index < -0.39 is 0 Å². The third-order valence-electron chi connectivity index (χ3n) is 4.77. The number of carbonyl (C=O) groups excluding carboxylic acids is 1. The van der Waals surface area contributed by atoms with Crippen molar-refractivity contribution in [3.63, 3.8) is 0 Å². The number of carbonyl (C=O) groups is 1. The van der Waals surface area contributed by atoms with Gasteiger partial charge in [-0.15, -0.1) is 11.8 Å². The third-order valence-corrected chi connectivity index (χ3v) is 5.79. The predicted molar refractivity (Wildman–Crippen MR) is 109 cm³/mol. The highest BCUT2D eigenvalue weighted by atomic mass is 32.2. The van der Waals surface area contributed by atoms with E-state index in [0.717, 1.165) is 22.9 Å². The number of thioether (sulfide) groups is 1. The molecule has 0 radical (unpaired) electrons. The molecule has 1 amide bonds. The Morgan fingerprint density at radius 1 is 1.12 bits per heavy atom. The van der Waals surface area contributed by atoms with Crippen LogP contribution in [0, 0.1) is 5.92 Å². The summed E-state index contributed by atoms with van der Waals surface area (Å²) in [5.41, 5.74) is 2.51. The second kappa shape index (κ2) is 9.79. The first-order valence-corrected chi connectivity index (χ1v) is 10.4. The Morgan fingerprint density at radius 2 is 1.85 bits per heavy atom. The van der Waals surface area contributed by atoms with Gasteiger partial charge in [-0.25, -0.2) is 0 Å². The van der Waals surface area contributed by atoms with E-state index in [0.29, 0.717) is 12.3 Å². The number of nitrogens with one attached hydrogen (secondary N) is 1. The number of amides is 1. The molecular weight excluding hydrogens is 340 g/mol. The van der Waals surface area contributed by atoms with Crippen LogP contribution in [-0.2, 0) is 17.9 Å². The van der Waals surface area contributed by atoms with Gasteiger partial charge < -0.3 is 5.32 Å². The molecule has 1 heterocycles. The molecule has 0 aliphatic carbocycles. The molecule has 2 aromatic rings. The Kier molecular flexibility index (Phi) is 7.15. The quantitative estimate of drug-likeness (QED) is 0.739. The highest BCUT2D eigenvalue weighted by Crippen LogP contribution is 2.18. The maximum atomic E-state index is 12.0. The molecule has 1 N–H and O–H groups in total. The number of hydrogen-bond donors (Lipinski definition) is 1. The minimum atomic E-state index is 0.0743. The maximum Gasteiger partial charge on any atom is 0.230 e. The lowest BCUT2D eigenvalue weighted by Gasteiger charge is -2.30. The van der Waals surface area contributed by atoms with Gasteiger partial charge in [-0.2, -0.15) is 0 Å². The van der Waals surface area contributed by atoms with E-state index in [1.165, 1.54) is 31.5 Å². The fourth-order valence-corrected chi connectivity index (χ4v) is 4.12. The molecule has 1 aliphatic rings. The van der Waals surface area contributed by atoms with E-state index in [9.17, 15) is 4.79 Å². The Labute approximate surface area is 161 Å². The summed E-state index contributed by atoms with van der Waals surface area (Å²) in [5, 5.41) is 3.01. The van der Waals surface area contributed by atoms with Gasteiger partial charge in [0.05, 0.1) is 5.75 Å². The van der Waals surface area contributed by atoms with Crippen LogP contribution in [0.5, 0.6) is 0 Å². The van der Waals surface area contributed by atoms with Gasteiger partial charge in [-0.1, -0.05) is 49.4 Å². The van der Waals surface area contributed by atoms with Crippen molar-refractivity contribution in [3.8, 4) is 0 Å². The smallest absolute Gasteiger partial charge is 0.230 e. The van der Waals surface area contributed by atoms with Crippen LogP contribution in [0.25, 0.3) is 0 Å². The van der Waals surface area contributed by atoms with Crippen LogP contribution in [0.3, 0.4) is 0 Å². The van der Waals surface area contributed by atoms with Crippen LogP contribution in [0.2, 0.25) is 0 Å². The molecule has 0 aromatic heterocycles. The molecule has 1 fully saturated rings. The minimum Gasteiger partial charge on any atom is -0.351 e. The maximum absolute atomic E-state index is 12.0. The molecule has 1 atom stereocenters. The second-order valence-electron chi connectivity index (χ2n) is 7.18. The van der Waals surface area contributed by atoms with Crippen LogP contribution >= 0.6 is 11.8 Å². The van der Waals surface area contributed by atoms with Crippen molar-refractivity contribution < 1.29 is 4.79 Å². The number of hydrogen-bond acceptors (Lipinski definition) is 3. The van der Waals surface area contributed by atoms with Crippen molar-refractivity contribution in [3.05, 3.63) is 65.7 Å². The molecule has 0 saturated carbocycles. The van der Waals surface area contributed by atoms with Gasteiger partial charge in [0.1, 0.15) is 0 Å². The van der Waals surface area contributed by atoms with Gasteiger partial charge >= 0.3 is 0 Å². The predicted octanol–water partition coefficient (Wildman–Crippen LogP) is 4.33. The van der Waals surface area contributed by atoms with Crippen molar-refractivity contribution in [2.45, 2.75) is 37.8 Å². The van der Waals surface area contributed by atoms with Crippen LogP contribution in [0.4, 0.5) is 0 Å². The van der Waals surface area contributed by atoms with Crippen molar-refractivity contribution in [1.29, 1.82) is 0 Å². The Morgan fingerprint density at radius 3 is 2.58 bits per heavy atom. The monoisotopic (exact) mass is 368 g/mol. The van der Waals surface area contributed by atoms with E-state index in [-0.39, 0.29) is 5.91 Å². The van der Waals surface area contributed by atoms with Crippen molar-refractivity contribution in [1.82, 2.24) is 10.2 Å². The number of benzene rings is 2. The first-order valence-electron chi connectivity index (χ1n) is 9.44. The molecule has 1 aliphatic heterocycles. The van der Waals surface area contributed by atoms with E-state index in [4.69, 9.17) is 0 Å². The standard InChI is InChI=1S/C22H28N2OS/c1-18-6-5-13-24(15-18)16-20-11-9-19(10-12-20)14-23-22(25)17-26-21-7-3-2-4-8-21/h2-4,7-12,18H,5-6,13-17H2,1H3,(H,23,25). The second-order valence-corrected chi connectivity index (χ2v) is 8.23. The summed E-state index contributed by atoms with van der Waals surface area (Å²) in [6.07, 6.45) is 2.67. The largest absolute Gasteiger partial charge is 0.351 e. The third kappa shape index (κ3) is 6.19. The van der Waals surface area contributed by atoms with E-state index in [2.05, 4.69) is 41.4 Å². The lowest BCUT2D eigenvalue weighted by Crippen LogP contribution is -2.33. The zero-order chi connectivity index (χ0) is 18.2. The van der Waals surface area contributed by atoms with E-state index >= 15 is 0 Å². The Hall–Kier alpha value is -1.78. The SMILES string of the molecule is CC1CCCN(Cc2ccc(CNC(=O)CSc3ccccc3)cc2)C1. The average Bonchev–Trinajstić information content (AvgIpc) is 2.67. The highest BCUT2D eigenvalue weighted by molar-refractivity contribution is 8.00. The molecular formula is C22H28N2OS. The molecule has 2 aromatic carbocycles. The summed E-state index contributed by atoms with van der Waals surface area (Å²) in [7, 11) is 0. The fourth-order valence-electron chi connectivity index (χ4n) is 3.37. The summed E-state index contributed by atoms with van der Waals surface area (Å²) in [4.78, 5) is 15.7. The molecule has 0 bridgehead atoms. The number of piperidine rings is 1. The Bertz CT molecular complexity index is 687. The molecule has 1 unspecified atom stereocenters. The molecule has 1 saturated heterocycles. The molecule has 26 heavy (non-hydrogen) atoms. The lowest BCUT2D eigenvalue weighted by atomic mass is 9.99. The number of nitrogens with zero attached hydrogens (tertiary/aromatic N) is 1. The molecule has 4 heteroatoms. The zero-order valence-corrected chi connectivity index (χ0v) is 16.3. The van der Waals surface area contributed by atoms with Crippen molar-refractivity contribution in [2.24, 2.45) is 5.92 Å². The van der Waals surface area contributed by atoms with Crippen molar-refractivity contribution in [2.75, 3.05) is 18.8 Å². The number of likely N-dealkylation sites (tertiary alicyclic amines) is 1. The summed E-state index contributed by atoms with van der Waals surface area (Å²) in [6, 6.07) is 18.7. The molecule has 3 nitrogen and oxygen atoms in total. The molecule has 138 valence electrons. The van der Waals surface area contributed by atoms with Gasteiger partial charge in [-0.05, 0) is 48.6 Å². The normalized spacial score (nSPS) is 17.8. The summed E-state index contributed by atoms with van der Waals surface area (Å²) in [6.45, 7) is 6.38. The van der Waals surface area contributed by atoms with Gasteiger partial charge in [0.25, 0.3) is 0 Å². The van der Waals surface area contributed by atoms with Crippen LogP contribution in [-0.4, -0.2) is 29.6 Å². The average molecular weight is 369 g/mol. The zero-order valence-electron chi connectivity index (χ0n) is 15.5. The fraction of sp³-hybridized carbons (Fsp3) is 0.409. The van der Waals surface area contributed by atoms with Gasteiger partial charge in [-0.3, -0.25) is 9.69 Å². The molecule has 0 spiro atoms. The van der Waals surface area contributed by atoms with Gasteiger partial charge in [0.15, 0.2) is 0 Å². The Balaban J connectivity index is 1.40. The van der Waals surface area contributed by atoms with E-state index in [1.54, 1.807) is 11.8 Å². The van der Waals surface area contributed by atoms with Gasteiger partial charge in [0.2, 0.25) is 5.91 Å². The minimum absolute atomic E-state index is 0.0743. The summed E-state index contributed by atoms with van der Waals surface area (Å²) >= 11 is 1.57. The topological polar surface area (TPSA) is 32.3 Å². The summed E-state index contributed by atoms with van der Waals surface area (Å²) < 4.78 is 0.